The van der Waals surface area contributed by atoms with Crippen LogP contribution in [-0.2, 0) is 4.74 Å². The third kappa shape index (κ3) is 20.3. The first kappa shape index (κ1) is 35.7. The van der Waals surface area contributed by atoms with E-state index in [0.717, 1.165) is 6.42 Å². The number of rotatable bonds is 28. The van der Waals surface area contributed by atoms with E-state index in [1.54, 1.807) is 0 Å². The van der Waals surface area contributed by atoms with Crippen molar-refractivity contribution in [1.29, 1.82) is 0 Å². The zero-order chi connectivity index (χ0) is 28.2. The van der Waals surface area contributed by atoms with Gasteiger partial charge in [0.1, 0.15) is 6.10 Å². The highest BCUT2D eigenvalue weighted by Gasteiger charge is 2.25. The predicted molar refractivity (Wildman–Crippen MR) is 172 cm³/mol. The largest absolute Gasteiger partial charge is 0.458 e. The van der Waals surface area contributed by atoms with E-state index in [-0.39, 0.29) is 12.1 Å². The number of esters is 1. The van der Waals surface area contributed by atoms with Crippen molar-refractivity contribution in [3.63, 3.8) is 0 Å². The highest BCUT2D eigenvalue weighted by atomic mass is 16.5. The molecule has 0 fully saturated rings. The molecule has 0 aliphatic heterocycles. The van der Waals surface area contributed by atoms with Crippen LogP contribution < -0.4 is 0 Å². The summed E-state index contributed by atoms with van der Waals surface area (Å²) in [5.41, 5.74) is 0.698. The topological polar surface area (TPSA) is 26.3 Å². The molecule has 0 aromatic heterocycles. The molecule has 226 valence electrons. The molecule has 0 aliphatic carbocycles. The lowest BCUT2D eigenvalue weighted by molar-refractivity contribution is 0.00645. The molecule has 0 radical (unpaired) electrons. The second-order valence-corrected chi connectivity index (χ2v) is 12.2. The fourth-order valence-corrected chi connectivity index (χ4v) is 5.89. The lowest BCUT2D eigenvalue weighted by Crippen LogP contribution is -2.27. The number of hydrogen-bond acceptors (Lipinski definition) is 2. The molecule has 2 heteroatoms. The van der Waals surface area contributed by atoms with Crippen LogP contribution in [0.15, 0.2) is 30.3 Å². The maximum atomic E-state index is 13.1. The zero-order valence-electron chi connectivity index (χ0n) is 26.5. The summed E-state index contributed by atoms with van der Waals surface area (Å²) in [7, 11) is 0. The molecule has 0 N–H and O–H groups in total. The Bertz CT molecular complexity index is 640. The van der Waals surface area contributed by atoms with Gasteiger partial charge in [0, 0.05) is 0 Å². The summed E-state index contributed by atoms with van der Waals surface area (Å²) in [6, 6.07) is 9.66. The van der Waals surface area contributed by atoms with E-state index in [1.807, 2.05) is 30.3 Å². The summed E-state index contributed by atoms with van der Waals surface area (Å²) < 4.78 is 6.34. The minimum absolute atomic E-state index is 0.0676. The Labute approximate surface area is 244 Å². The van der Waals surface area contributed by atoms with Gasteiger partial charge >= 0.3 is 5.97 Å². The Kier molecular flexibility index (Phi) is 24.6. The van der Waals surface area contributed by atoms with Crippen molar-refractivity contribution < 1.29 is 9.53 Å². The van der Waals surface area contributed by atoms with Crippen LogP contribution in [-0.4, -0.2) is 12.1 Å². The van der Waals surface area contributed by atoms with Crippen LogP contribution in [0.3, 0.4) is 0 Å². The van der Waals surface area contributed by atoms with E-state index in [4.69, 9.17) is 4.74 Å². The van der Waals surface area contributed by atoms with Gasteiger partial charge in [0.2, 0.25) is 0 Å². The average molecular weight is 543 g/mol. The van der Waals surface area contributed by atoms with Gasteiger partial charge in [-0.2, -0.15) is 0 Å². The maximum Gasteiger partial charge on any atom is 0.338 e. The molecule has 1 aromatic carbocycles. The molecular formula is C37H66O2. The van der Waals surface area contributed by atoms with Crippen LogP contribution in [0, 0.1) is 5.92 Å². The van der Waals surface area contributed by atoms with Crippen LogP contribution in [0.1, 0.15) is 192 Å². The molecule has 0 spiro atoms. The maximum absolute atomic E-state index is 13.1. The molecule has 0 bridgehead atoms. The van der Waals surface area contributed by atoms with Gasteiger partial charge in [-0.3, -0.25) is 0 Å². The van der Waals surface area contributed by atoms with Gasteiger partial charge in [-0.15, -0.1) is 0 Å². The average Bonchev–Trinajstić information content (AvgIpc) is 2.96. The van der Waals surface area contributed by atoms with Crippen molar-refractivity contribution in [3.8, 4) is 0 Å². The normalized spacial score (nSPS) is 12.9. The lowest BCUT2D eigenvalue weighted by atomic mass is 9.86. The van der Waals surface area contributed by atoms with Crippen LogP contribution in [0.4, 0.5) is 0 Å². The second kappa shape index (κ2) is 26.9. The standard InChI is InChI=1S/C37H66O2/c1-4-7-10-13-16-19-21-25-30-34(29-24-20-17-14-11-8-5-2)36(33-28-22-18-15-12-9-6-3)39-37(38)35-31-26-23-27-32-35/h23,26-27,31-32,34,36H,4-22,24-25,28-30,33H2,1-3H3. The van der Waals surface area contributed by atoms with E-state index in [9.17, 15) is 4.79 Å². The van der Waals surface area contributed by atoms with Gasteiger partial charge in [0.15, 0.2) is 0 Å². The summed E-state index contributed by atoms with van der Waals surface area (Å²) in [4.78, 5) is 13.1. The molecule has 1 rings (SSSR count). The van der Waals surface area contributed by atoms with Crippen molar-refractivity contribution >= 4 is 5.97 Å². The monoisotopic (exact) mass is 543 g/mol. The third-order valence-electron chi connectivity index (χ3n) is 8.49. The van der Waals surface area contributed by atoms with Crippen molar-refractivity contribution in [3.05, 3.63) is 35.9 Å². The van der Waals surface area contributed by atoms with Gasteiger partial charge in [0.25, 0.3) is 0 Å². The zero-order valence-corrected chi connectivity index (χ0v) is 26.5. The van der Waals surface area contributed by atoms with Crippen LogP contribution in [0.5, 0.6) is 0 Å². The number of carbonyl (C=O) groups excluding carboxylic acids is 1. The molecule has 0 heterocycles. The van der Waals surface area contributed by atoms with E-state index < -0.39 is 0 Å². The number of ether oxygens (including phenoxy) is 1. The Morgan fingerprint density at radius 2 is 0.872 bits per heavy atom. The van der Waals surface area contributed by atoms with Gasteiger partial charge in [-0.25, -0.2) is 4.79 Å². The molecule has 0 saturated carbocycles. The van der Waals surface area contributed by atoms with Crippen molar-refractivity contribution in [2.75, 3.05) is 0 Å². The minimum Gasteiger partial charge on any atom is -0.458 e. The Balaban J connectivity index is 2.69. The summed E-state index contributed by atoms with van der Waals surface area (Å²) in [5, 5.41) is 0. The van der Waals surface area contributed by atoms with Crippen LogP contribution >= 0.6 is 0 Å². The number of unbranched alkanes of at least 4 members (excludes halogenated alkanes) is 19. The molecule has 0 aliphatic rings. The Morgan fingerprint density at radius 3 is 1.28 bits per heavy atom. The Hall–Kier alpha value is -1.31. The van der Waals surface area contributed by atoms with E-state index in [2.05, 4.69) is 20.8 Å². The van der Waals surface area contributed by atoms with Crippen LogP contribution in [0.2, 0.25) is 0 Å². The van der Waals surface area contributed by atoms with Gasteiger partial charge < -0.3 is 4.74 Å². The molecule has 39 heavy (non-hydrogen) atoms. The summed E-state index contributed by atoms with van der Waals surface area (Å²) in [6.07, 6.45) is 32.9. The minimum atomic E-state index is -0.121. The SMILES string of the molecule is CCCCCCCCCCC(CCCCCCCCC)C(CCCCCCCCC)OC(=O)c1ccccc1. The summed E-state index contributed by atoms with van der Waals surface area (Å²) in [6.45, 7) is 6.86. The van der Waals surface area contributed by atoms with Crippen molar-refractivity contribution in [2.45, 2.75) is 187 Å². The summed E-state index contributed by atoms with van der Waals surface area (Å²) >= 11 is 0. The highest BCUT2D eigenvalue weighted by molar-refractivity contribution is 5.89. The van der Waals surface area contributed by atoms with Gasteiger partial charge in [-0.1, -0.05) is 174 Å². The third-order valence-corrected chi connectivity index (χ3v) is 8.49. The lowest BCUT2D eigenvalue weighted by Gasteiger charge is -2.28. The van der Waals surface area contributed by atoms with Crippen molar-refractivity contribution in [2.24, 2.45) is 5.92 Å². The first-order chi connectivity index (χ1) is 19.2. The Morgan fingerprint density at radius 1 is 0.513 bits per heavy atom. The molecule has 1 aromatic rings. The van der Waals surface area contributed by atoms with Crippen molar-refractivity contribution in [1.82, 2.24) is 0 Å². The van der Waals surface area contributed by atoms with Gasteiger partial charge in [-0.05, 0) is 43.7 Å². The number of carbonyl (C=O) groups is 1. The van der Waals surface area contributed by atoms with E-state index in [0.29, 0.717) is 11.5 Å². The number of benzene rings is 1. The second-order valence-electron chi connectivity index (χ2n) is 12.2. The number of hydrogen-bond donors (Lipinski definition) is 0. The van der Waals surface area contributed by atoms with E-state index in [1.165, 1.54) is 154 Å². The molecule has 0 saturated heterocycles. The van der Waals surface area contributed by atoms with Gasteiger partial charge in [0.05, 0.1) is 5.56 Å². The quantitative estimate of drug-likeness (QED) is 0.0777. The fourth-order valence-electron chi connectivity index (χ4n) is 5.89. The molecule has 2 unspecified atom stereocenters. The van der Waals surface area contributed by atoms with Crippen LogP contribution in [0.25, 0.3) is 0 Å². The molecule has 2 atom stereocenters. The predicted octanol–water partition coefficient (Wildman–Crippen LogP) is 12.6. The summed E-state index contributed by atoms with van der Waals surface area (Å²) in [5.74, 6) is 0.387. The first-order valence-corrected chi connectivity index (χ1v) is 17.5. The fraction of sp³-hybridized carbons (Fsp3) is 0.811. The highest BCUT2D eigenvalue weighted by Crippen LogP contribution is 2.28. The molecular weight excluding hydrogens is 476 g/mol. The smallest absolute Gasteiger partial charge is 0.338 e. The molecule has 2 nitrogen and oxygen atoms in total. The first-order valence-electron chi connectivity index (χ1n) is 17.5. The molecule has 0 amide bonds. The van der Waals surface area contributed by atoms with E-state index >= 15 is 0 Å².